The van der Waals surface area contributed by atoms with Crippen molar-refractivity contribution in [3.8, 4) is 5.75 Å². The highest BCUT2D eigenvalue weighted by molar-refractivity contribution is 6.42. The Bertz CT molecular complexity index is 842. The van der Waals surface area contributed by atoms with Crippen molar-refractivity contribution in [3.63, 3.8) is 0 Å². The molecule has 3 nitrogen and oxygen atoms in total. The number of hydrogen-bond acceptors (Lipinski definition) is 3. The molecule has 142 valence electrons. The normalized spacial score (nSPS) is 15.2. The summed E-state index contributed by atoms with van der Waals surface area (Å²) in [5, 5.41) is 0.920. The van der Waals surface area contributed by atoms with Gasteiger partial charge in [0, 0.05) is 17.7 Å². The molecule has 0 unspecified atom stereocenters. The Hall–Kier alpha value is -1.81. The first-order chi connectivity index (χ1) is 13.1. The van der Waals surface area contributed by atoms with Gasteiger partial charge in [-0.25, -0.2) is 0 Å². The monoisotopic (exact) mass is 403 g/mol. The van der Waals surface area contributed by atoms with Crippen LogP contribution in [0, 0.1) is 0 Å². The lowest BCUT2D eigenvalue weighted by Crippen LogP contribution is -2.29. The fraction of sp³-hybridized carbons (Fsp3) is 0.318. The number of rotatable bonds is 6. The van der Waals surface area contributed by atoms with Crippen molar-refractivity contribution in [2.45, 2.75) is 25.8 Å². The Kier molecular flexibility index (Phi) is 6.95. The third-order valence-electron chi connectivity index (χ3n) is 4.80. The van der Waals surface area contributed by atoms with Crippen LogP contribution in [0.5, 0.6) is 5.75 Å². The molecule has 0 spiro atoms. The molecule has 0 amide bonds. The zero-order valence-corrected chi connectivity index (χ0v) is 16.9. The first-order valence-electron chi connectivity index (χ1n) is 9.14. The summed E-state index contributed by atoms with van der Waals surface area (Å²) in [6.45, 7) is 2.98. The summed E-state index contributed by atoms with van der Waals surface area (Å²) in [7, 11) is 1.66. The van der Waals surface area contributed by atoms with Crippen molar-refractivity contribution < 1.29 is 9.53 Å². The summed E-state index contributed by atoms with van der Waals surface area (Å²) in [5.74, 6) is 0.743. The van der Waals surface area contributed by atoms with Crippen LogP contribution in [0.3, 0.4) is 0 Å². The standard InChI is InChI=1S/C22H23Cl2NO2/c1-27-21-11-9-17(14-18(21)15-25-12-3-2-4-13-25)20(26)10-8-16-6-5-7-19(23)22(16)24/h5-11,14H,2-4,12-13,15H2,1H3/b10-8+. The van der Waals surface area contributed by atoms with Gasteiger partial charge in [0.15, 0.2) is 5.78 Å². The van der Waals surface area contributed by atoms with Crippen LogP contribution in [0.4, 0.5) is 0 Å². The van der Waals surface area contributed by atoms with Gasteiger partial charge in [-0.1, -0.05) is 41.8 Å². The zero-order chi connectivity index (χ0) is 19.2. The minimum atomic E-state index is -0.0754. The van der Waals surface area contributed by atoms with Crippen molar-refractivity contribution >= 4 is 35.1 Å². The molecule has 1 aliphatic heterocycles. The minimum Gasteiger partial charge on any atom is -0.496 e. The van der Waals surface area contributed by atoms with Crippen LogP contribution < -0.4 is 4.74 Å². The Labute approximate surface area is 170 Å². The maximum atomic E-state index is 12.6. The Morgan fingerprint density at radius 1 is 1.15 bits per heavy atom. The van der Waals surface area contributed by atoms with E-state index in [1.165, 1.54) is 25.3 Å². The van der Waals surface area contributed by atoms with Crippen LogP contribution in [0.25, 0.3) is 6.08 Å². The average Bonchev–Trinajstić information content (AvgIpc) is 2.69. The van der Waals surface area contributed by atoms with Crippen molar-refractivity contribution in [1.29, 1.82) is 0 Å². The van der Waals surface area contributed by atoms with E-state index in [0.29, 0.717) is 15.6 Å². The quantitative estimate of drug-likeness (QED) is 0.445. The molecule has 1 saturated heterocycles. The number of ketones is 1. The molecule has 1 fully saturated rings. The Morgan fingerprint density at radius 3 is 2.67 bits per heavy atom. The number of piperidine rings is 1. The number of ether oxygens (including phenoxy) is 1. The van der Waals surface area contributed by atoms with E-state index in [0.717, 1.165) is 36.5 Å². The number of allylic oxidation sites excluding steroid dienone is 1. The lowest BCUT2D eigenvalue weighted by atomic mass is 10.0. The van der Waals surface area contributed by atoms with E-state index in [1.807, 2.05) is 24.3 Å². The predicted octanol–water partition coefficient (Wildman–Crippen LogP) is 5.88. The highest BCUT2D eigenvalue weighted by Gasteiger charge is 2.15. The first-order valence-corrected chi connectivity index (χ1v) is 9.90. The number of methoxy groups -OCH3 is 1. The first kappa shape index (κ1) is 19.9. The average molecular weight is 404 g/mol. The molecular weight excluding hydrogens is 381 g/mol. The number of carbonyl (C=O) groups is 1. The fourth-order valence-electron chi connectivity index (χ4n) is 3.32. The molecule has 0 saturated carbocycles. The van der Waals surface area contributed by atoms with Gasteiger partial charge in [0.1, 0.15) is 5.75 Å². The van der Waals surface area contributed by atoms with E-state index >= 15 is 0 Å². The molecule has 0 N–H and O–H groups in total. The SMILES string of the molecule is COc1ccc(C(=O)/C=C/c2cccc(Cl)c2Cl)cc1CN1CCCCC1. The van der Waals surface area contributed by atoms with Gasteiger partial charge >= 0.3 is 0 Å². The van der Waals surface area contributed by atoms with E-state index in [9.17, 15) is 4.79 Å². The number of halogens is 2. The third-order valence-corrected chi connectivity index (χ3v) is 5.64. The van der Waals surface area contributed by atoms with Crippen LogP contribution in [-0.4, -0.2) is 30.9 Å². The molecule has 0 bridgehead atoms. The van der Waals surface area contributed by atoms with E-state index in [-0.39, 0.29) is 5.78 Å². The summed E-state index contributed by atoms with van der Waals surface area (Å²) >= 11 is 12.2. The number of likely N-dealkylation sites (tertiary alicyclic amines) is 1. The topological polar surface area (TPSA) is 29.5 Å². The molecule has 1 aliphatic rings. The van der Waals surface area contributed by atoms with E-state index in [2.05, 4.69) is 4.90 Å². The van der Waals surface area contributed by atoms with Crippen LogP contribution in [0.1, 0.15) is 40.7 Å². The van der Waals surface area contributed by atoms with Gasteiger partial charge in [0.25, 0.3) is 0 Å². The van der Waals surface area contributed by atoms with Crippen LogP contribution in [0.2, 0.25) is 10.0 Å². The molecule has 27 heavy (non-hydrogen) atoms. The number of hydrogen-bond donors (Lipinski definition) is 0. The minimum absolute atomic E-state index is 0.0754. The van der Waals surface area contributed by atoms with Gasteiger partial charge in [0.2, 0.25) is 0 Å². The largest absolute Gasteiger partial charge is 0.496 e. The van der Waals surface area contributed by atoms with Crippen molar-refractivity contribution in [3.05, 3.63) is 69.2 Å². The van der Waals surface area contributed by atoms with Gasteiger partial charge in [-0.3, -0.25) is 9.69 Å². The Morgan fingerprint density at radius 2 is 1.93 bits per heavy atom. The summed E-state index contributed by atoms with van der Waals surface area (Å²) in [6.07, 6.45) is 6.98. The molecule has 1 heterocycles. The molecule has 5 heteroatoms. The summed E-state index contributed by atoms with van der Waals surface area (Å²) < 4.78 is 5.49. The smallest absolute Gasteiger partial charge is 0.185 e. The zero-order valence-electron chi connectivity index (χ0n) is 15.4. The highest BCUT2D eigenvalue weighted by atomic mass is 35.5. The third kappa shape index (κ3) is 5.13. The maximum Gasteiger partial charge on any atom is 0.185 e. The van der Waals surface area contributed by atoms with Crippen molar-refractivity contribution in [2.75, 3.05) is 20.2 Å². The van der Waals surface area contributed by atoms with Gasteiger partial charge in [-0.15, -0.1) is 0 Å². The highest BCUT2D eigenvalue weighted by Crippen LogP contribution is 2.27. The van der Waals surface area contributed by atoms with Gasteiger partial charge in [-0.05, 0) is 67.9 Å². The number of benzene rings is 2. The van der Waals surface area contributed by atoms with E-state index in [4.69, 9.17) is 27.9 Å². The van der Waals surface area contributed by atoms with Crippen LogP contribution in [0.15, 0.2) is 42.5 Å². The molecule has 2 aromatic rings. The summed E-state index contributed by atoms with van der Waals surface area (Å²) in [6, 6.07) is 11.0. The van der Waals surface area contributed by atoms with E-state index < -0.39 is 0 Å². The Balaban J connectivity index is 1.79. The fourth-order valence-corrected chi connectivity index (χ4v) is 3.70. The van der Waals surface area contributed by atoms with Crippen LogP contribution >= 0.6 is 23.2 Å². The van der Waals surface area contributed by atoms with Gasteiger partial charge in [0.05, 0.1) is 17.2 Å². The second-order valence-electron chi connectivity index (χ2n) is 6.70. The summed E-state index contributed by atoms with van der Waals surface area (Å²) in [4.78, 5) is 15.1. The van der Waals surface area contributed by atoms with Gasteiger partial charge < -0.3 is 4.74 Å². The predicted molar refractivity (Wildman–Crippen MR) is 112 cm³/mol. The number of nitrogens with zero attached hydrogens (tertiary/aromatic N) is 1. The second kappa shape index (κ2) is 9.41. The second-order valence-corrected chi connectivity index (χ2v) is 7.49. The number of carbonyl (C=O) groups excluding carboxylic acids is 1. The summed E-state index contributed by atoms with van der Waals surface area (Å²) in [5.41, 5.74) is 2.40. The molecule has 0 aromatic heterocycles. The van der Waals surface area contributed by atoms with Crippen LogP contribution in [-0.2, 0) is 6.54 Å². The maximum absolute atomic E-state index is 12.6. The molecule has 0 atom stereocenters. The van der Waals surface area contributed by atoms with Crippen molar-refractivity contribution in [2.24, 2.45) is 0 Å². The molecule has 0 radical (unpaired) electrons. The van der Waals surface area contributed by atoms with E-state index in [1.54, 1.807) is 25.3 Å². The molecule has 3 rings (SSSR count). The van der Waals surface area contributed by atoms with Gasteiger partial charge in [-0.2, -0.15) is 0 Å². The lowest BCUT2D eigenvalue weighted by molar-refractivity contribution is 0.104. The lowest BCUT2D eigenvalue weighted by Gasteiger charge is -2.27. The molecule has 2 aromatic carbocycles. The molecular formula is C22H23Cl2NO2. The van der Waals surface area contributed by atoms with Crippen molar-refractivity contribution in [1.82, 2.24) is 4.90 Å². The molecule has 0 aliphatic carbocycles.